The number of nitrogens with zero attached hydrogens (tertiary/aromatic N) is 2. The van der Waals surface area contributed by atoms with Gasteiger partial charge in [0.2, 0.25) is 0 Å². The average molecular weight is 1010 g/mol. The number of ether oxygens (including phenoxy) is 2. The molecule has 0 amide bonds. The first kappa shape index (κ1) is 55.2. The lowest BCUT2D eigenvalue weighted by atomic mass is 10.0. The summed E-state index contributed by atoms with van der Waals surface area (Å²) in [5.74, 6) is 6.00. The molecule has 382 valence electrons. The zero-order valence-electron chi connectivity index (χ0n) is 44.8. The highest BCUT2D eigenvalue weighted by atomic mass is 19.1. The molecule has 0 unspecified atom stereocenters. The van der Waals surface area contributed by atoms with Crippen LogP contribution in [-0.4, -0.2) is 21.9 Å². The van der Waals surface area contributed by atoms with Gasteiger partial charge in [-0.05, 0) is 168 Å². The van der Waals surface area contributed by atoms with E-state index in [0.29, 0.717) is 22.6 Å². The van der Waals surface area contributed by atoms with Crippen LogP contribution in [0.2, 0.25) is 0 Å². The first-order chi connectivity index (χ1) is 37.1. The maximum Gasteiger partial charge on any atom is 0.343 e. The van der Waals surface area contributed by atoms with Crippen molar-refractivity contribution in [1.29, 1.82) is 0 Å². The fraction of sp³-hybridized carbons (Fsp3) is 0.114. The van der Waals surface area contributed by atoms with Crippen molar-refractivity contribution < 1.29 is 23.5 Å². The summed E-state index contributed by atoms with van der Waals surface area (Å²) in [6.07, 6.45) is 3.45. The Bertz CT molecular complexity index is 3500. The molecule has 0 aliphatic rings. The summed E-state index contributed by atoms with van der Waals surface area (Å²) in [5.41, 5.74) is 18.5. The van der Waals surface area contributed by atoms with E-state index in [1.54, 1.807) is 61.7 Å². The van der Waals surface area contributed by atoms with Crippen LogP contribution >= 0.6 is 0 Å². The van der Waals surface area contributed by atoms with E-state index in [1.165, 1.54) is 50.6 Å². The summed E-state index contributed by atoms with van der Waals surface area (Å²) in [4.78, 5) is 32.1. The van der Waals surface area contributed by atoms with Gasteiger partial charge in [0.1, 0.15) is 17.3 Å². The highest BCUT2D eigenvalue weighted by Crippen LogP contribution is 2.25. The topological polar surface area (TPSA) is 78.4 Å². The van der Waals surface area contributed by atoms with Gasteiger partial charge in [-0.1, -0.05) is 173 Å². The van der Waals surface area contributed by atoms with Crippen LogP contribution in [0.5, 0.6) is 11.5 Å². The molecule has 0 N–H and O–H groups in total. The number of aromatic nitrogens is 2. The molecule has 6 nitrogen and oxygen atoms in total. The van der Waals surface area contributed by atoms with E-state index in [2.05, 4.69) is 183 Å². The van der Waals surface area contributed by atoms with Crippen LogP contribution in [0.25, 0.3) is 33.5 Å². The molecule has 0 radical (unpaired) electrons. The minimum atomic E-state index is -0.558. The van der Waals surface area contributed by atoms with E-state index in [1.807, 2.05) is 51.2 Å². The SMILES string of the molecule is Cc1ccc(-c2ccc(-c3ccc(C)cn3)cc2)cc1.Cc1ccc(C#Cc2ccc(-c3ccc(C)cc3)cc2)cc1.Cc1ccc(C(=O)Oc2ccc(C)nc2)cc1.Cc1ccc(OC(=O)c2ccc(C)c(F)c2)cc1. The standard InChI is InChI=1S/C22H18.C19H17N.C15H13FO2.C14H13NO2/c1-17-3-7-19(8-4-17)9-10-20-11-15-22(16-12-20)21-13-5-18(2)6-14-21;1-14-3-6-16(7-4-14)17-8-10-18(11-9-17)19-12-5-15(2)13-20-19;1-10-3-7-13(8-4-10)18-15(17)12-6-5-11(2)14(16)9-12;1-10-3-6-12(7-4-10)14(16)17-13-8-5-11(2)15-9-13/h3-8,11-16H,1-2H3;3-13H,1-2H3;3-9H,1-2H3;3-9H,1-2H3. The van der Waals surface area contributed by atoms with Crippen LogP contribution in [0.1, 0.15) is 76.5 Å². The highest BCUT2D eigenvalue weighted by molar-refractivity contribution is 5.91. The first-order valence-electron chi connectivity index (χ1n) is 25.3. The van der Waals surface area contributed by atoms with Crippen molar-refractivity contribution in [3.8, 4) is 56.9 Å². The van der Waals surface area contributed by atoms with Crippen molar-refractivity contribution >= 4 is 11.9 Å². The molecule has 0 saturated carbocycles. The number of hydrogen-bond donors (Lipinski definition) is 0. The van der Waals surface area contributed by atoms with Crippen LogP contribution < -0.4 is 9.47 Å². The zero-order chi connectivity index (χ0) is 54.7. The Labute approximate surface area is 452 Å². The van der Waals surface area contributed by atoms with E-state index in [0.717, 1.165) is 39.2 Å². The minimum Gasteiger partial charge on any atom is -0.423 e. The number of carbonyl (C=O) groups excluding carboxylic acids is 2. The van der Waals surface area contributed by atoms with Crippen LogP contribution in [0, 0.1) is 73.0 Å². The number of rotatable bonds is 7. The maximum absolute atomic E-state index is 13.3. The number of benzene rings is 8. The van der Waals surface area contributed by atoms with Gasteiger partial charge in [-0.2, -0.15) is 0 Å². The van der Waals surface area contributed by atoms with Crippen LogP contribution in [0.4, 0.5) is 4.39 Å². The second-order valence-electron chi connectivity index (χ2n) is 18.8. The fourth-order valence-corrected chi connectivity index (χ4v) is 7.35. The molecule has 0 saturated heterocycles. The van der Waals surface area contributed by atoms with E-state index in [-0.39, 0.29) is 11.5 Å². The van der Waals surface area contributed by atoms with Crippen LogP contribution in [0.15, 0.2) is 225 Å². The molecule has 10 rings (SSSR count). The van der Waals surface area contributed by atoms with Crippen molar-refractivity contribution in [1.82, 2.24) is 9.97 Å². The third-order valence-corrected chi connectivity index (χ3v) is 12.2. The number of hydrogen-bond acceptors (Lipinski definition) is 6. The smallest absolute Gasteiger partial charge is 0.343 e. The predicted molar refractivity (Wildman–Crippen MR) is 311 cm³/mol. The van der Waals surface area contributed by atoms with E-state index >= 15 is 0 Å². The Morgan fingerprint density at radius 1 is 0.364 bits per heavy atom. The molecular weight excluding hydrogens is 952 g/mol. The average Bonchev–Trinajstić information content (AvgIpc) is 3.44. The van der Waals surface area contributed by atoms with Gasteiger partial charge >= 0.3 is 11.9 Å². The largest absolute Gasteiger partial charge is 0.423 e. The Morgan fingerprint density at radius 2 is 0.740 bits per heavy atom. The molecule has 77 heavy (non-hydrogen) atoms. The summed E-state index contributed by atoms with van der Waals surface area (Å²) in [7, 11) is 0. The lowest BCUT2D eigenvalue weighted by molar-refractivity contribution is 0.0724. The Hall–Kier alpha value is -9.51. The summed E-state index contributed by atoms with van der Waals surface area (Å²) < 4.78 is 23.7. The summed E-state index contributed by atoms with van der Waals surface area (Å²) in [6.45, 7) is 15.8. The number of carbonyl (C=O) groups is 2. The summed E-state index contributed by atoms with van der Waals surface area (Å²) in [5, 5.41) is 0. The summed E-state index contributed by atoms with van der Waals surface area (Å²) >= 11 is 0. The Morgan fingerprint density at radius 3 is 1.21 bits per heavy atom. The lowest BCUT2D eigenvalue weighted by Gasteiger charge is -2.05. The molecule has 2 aromatic heterocycles. The molecule has 10 aromatic rings. The van der Waals surface area contributed by atoms with Gasteiger partial charge in [-0.3, -0.25) is 9.97 Å². The number of pyridine rings is 2. The van der Waals surface area contributed by atoms with Gasteiger partial charge < -0.3 is 9.47 Å². The van der Waals surface area contributed by atoms with Gasteiger partial charge in [0.15, 0.2) is 0 Å². The van der Waals surface area contributed by atoms with Gasteiger partial charge in [-0.15, -0.1) is 0 Å². The molecule has 0 aliphatic heterocycles. The number of aryl methyl sites for hydroxylation is 8. The molecular formula is C70H61FN2O4. The maximum atomic E-state index is 13.3. The van der Waals surface area contributed by atoms with E-state index in [4.69, 9.17) is 9.47 Å². The van der Waals surface area contributed by atoms with Gasteiger partial charge in [0, 0.05) is 28.6 Å². The Kier molecular flexibility index (Phi) is 19.5. The van der Waals surface area contributed by atoms with Gasteiger partial charge in [-0.25, -0.2) is 14.0 Å². The first-order valence-corrected chi connectivity index (χ1v) is 25.3. The van der Waals surface area contributed by atoms with Crippen LogP contribution in [-0.2, 0) is 0 Å². The molecule has 0 atom stereocenters. The van der Waals surface area contributed by atoms with Crippen molar-refractivity contribution in [2.45, 2.75) is 55.4 Å². The van der Waals surface area contributed by atoms with Gasteiger partial charge in [0.05, 0.1) is 23.0 Å². The molecule has 0 aliphatic carbocycles. The van der Waals surface area contributed by atoms with Crippen molar-refractivity contribution in [3.05, 3.63) is 297 Å². The third kappa shape index (κ3) is 17.3. The summed E-state index contributed by atoms with van der Waals surface area (Å²) in [6, 6.07) is 68.8. The fourth-order valence-electron chi connectivity index (χ4n) is 7.35. The molecule has 2 heterocycles. The molecule has 0 bridgehead atoms. The normalized spacial score (nSPS) is 10.1. The molecule has 8 aromatic carbocycles. The number of halogens is 1. The monoisotopic (exact) mass is 1010 g/mol. The van der Waals surface area contributed by atoms with Crippen LogP contribution in [0.3, 0.4) is 0 Å². The van der Waals surface area contributed by atoms with E-state index in [9.17, 15) is 14.0 Å². The van der Waals surface area contributed by atoms with Crippen molar-refractivity contribution in [3.63, 3.8) is 0 Å². The number of esters is 2. The zero-order valence-corrected chi connectivity index (χ0v) is 44.8. The minimum absolute atomic E-state index is 0.207. The second kappa shape index (κ2) is 27.1. The molecule has 0 spiro atoms. The quantitative estimate of drug-likeness (QED) is 0.0899. The van der Waals surface area contributed by atoms with Crippen molar-refractivity contribution in [2.75, 3.05) is 0 Å². The van der Waals surface area contributed by atoms with Crippen molar-refractivity contribution in [2.24, 2.45) is 0 Å². The second-order valence-corrected chi connectivity index (χ2v) is 18.8. The Balaban J connectivity index is 0.000000150. The molecule has 0 fully saturated rings. The molecule has 7 heteroatoms. The van der Waals surface area contributed by atoms with Gasteiger partial charge in [0.25, 0.3) is 0 Å². The highest BCUT2D eigenvalue weighted by Gasteiger charge is 2.11. The third-order valence-electron chi connectivity index (χ3n) is 12.2. The van der Waals surface area contributed by atoms with E-state index < -0.39 is 11.8 Å². The lowest BCUT2D eigenvalue weighted by Crippen LogP contribution is -2.09. The predicted octanol–water partition coefficient (Wildman–Crippen LogP) is 17.0.